The fraction of sp³-hybridized carbons (Fsp3) is 0.250. The van der Waals surface area contributed by atoms with Crippen molar-refractivity contribution in [2.75, 3.05) is 9.80 Å². The fourth-order valence-corrected chi connectivity index (χ4v) is 8.78. The number of allylic oxidation sites excluding steroid dienone is 2. The van der Waals surface area contributed by atoms with Crippen LogP contribution in [0.4, 0.5) is 15.8 Å². The van der Waals surface area contributed by atoms with Crippen molar-refractivity contribution >= 4 is 82.4 Å². The van der Waals surface area contributed by atoms with Crippen LogP contribution in [0.5, 0.6) is 5.75 Å². The zero-order chi connectivity index (χ0) is 32.9. The lowest BCUT2D eigenvalue weighted by atomic mass is 9.56. The highest BCUT2D eigenvalue weighted by Crippen LogP contribution is 2.66. The summed E-state index contributed by atoms with van der Waals surface area (Å²) < 4.78 is 13.8. The van der Waals surface area contributed by atoms with E-state index >= 15 is 0 Å². The standard InChI is InChI=1S/C32H23BCl3FN2O7/c34-24-13-19(40)8-9-21(24)26-20-10-11-22-25(28(42)38(27(22)41)18-3-1-2-15(12-18)33(45)46)23(20)14-31(35)29(43)39(30(44)32(26,31)36)17-6-4-16(37)5-7-17/h1-10,12-13,22-23,25-26,40,45-46H,11,14H2/t22-,23+,25-,26+,31+,32-/m0/s1. The molecule has 6 atom stereocenters. The molecular weight excluding hydrogens is 661 g/mol. The number of rotatable bonds is 4. The number of imide groups is 2. The van der Waals surface area contributed by atoms with Gasteiger partial charge in [-0.2, -0.15) is 0 Å². The van der Waals surface area contributed by atoms with Crippen molar-refractivity contribution < 1.29 is 38.7 Å². The van der Waals surface area contributed by atoms with Crippen molar-refractivity contribution in [2.24, 2.45) is 17.8 Å². The zero-order valence-electron chi connectivity index (χ0n) is 23.6. The molecule has 4 aliphatic rings. The van der Waals surface area contributed by atoms with Crippen LogP contribution < -0.4 is 15.3 Å². The van der Waals surface area contributed by atoms with Gasteiger partial charge in [-0.05, 0) is 78.3 Å². The van der Waals surface area contributed by atoms with Gasteiger partial charge in [0.1, 0.15) is 11.6 Å². The summed E-state index contributed by atoms with van der Waals surface area (Å²) in [7, 11) is -1.83. The molecular formula is C32H23BCl3FN2O7. The molecule has 4 amide bonds. The first kappa shape index (κ1) is 30.9. The predicted octanol–water partition coefficient (Wildman–Crippen LogP) is 3.63. The van der Waals surface area contributed by atoms with Gasteiger partial charge >= 0.3 is 7.12 Å². The topological polar surface area (TPSA) is 135 Å². The van der Waals surface area contributed by atoms with Gasteiger partial charge in [0.25, 0.3) is 11.8 Å². The van der Waals surface area contributed by atoms with Gasteiger partial charge in [-0.15, -0.1) is 23.2 Å². The van der Waals surface area contributed by atoms with Crippen molar-refractivity contribution in [3.63, 3.8) is 0 Å². The van der Waals surface area contributed by atoms with Crippen molar-refractivity contribution in [1.29, 1.82) is 0 Å². The molecule has 2 saturated heterocycles. The first-order valence-electron chi connectivity index (χ1n) is 14.3. The number of benzene rings is 3. The molecule has 0 spiro atoms. The van der Waals surface area contributed by atoms with Gasteiger partial charge in [0.05, 0.1) is 23.2 Å². The number of halogens is 4. The molecule has 14 heteroatoms. The summed E-state index contributed by atoms with van der Waals surface area (Å²) in [5.41, 5.74) is 1.03. The number of alkyl halides is 2. The molecule has 2 heterocycles. The maximum atomic E-state index is 14.4. The first-order chi connectivity index (χ1) is 21.8. The number of amides is 4. The quantitative estimate of drug-likeness (QED) is 0.166. The highest BCUT2D eigenvalue weighted by molar-refractivity contribution is 6.59. The van der Waals surface area contributed by atoms with Crippen molar-refractivity contribution in [3.05, 3.63) is 94.8 Å². The lowest BCUT2D eigenvalue weighted by Gasteiger charge is -2.50. The van der Waals surface area contributed by atoms with Crippen LogP contribution in [-0.4, -0.2) is 55.7 Å². The summed E-state index contributed by atoms with van der Waals surface area (Å²) in [4.78, 5) is 54.1. The van der Waals surface area contributed by atoms with E-state index < -0.39 is 70.0 Å². The van der Waals surface area contributed by atoms with Gasteiger partial charge in [-0.25, -0.2) is 9.29 Å². The molecule has 2 aliphatic carbocycles. The van der Waals surface area contributed by atoms with E-state index in [1.165, 1.54) is 54.6 Å². The molecule has 3 aromatic rings. The van der Waals surface area contributed by atoms with Crippen molar-refractivity contribution in [1.82, 2.24) is 0 Å². The molecule has 46 heavy (non-hydrogen) atoms. The minimum absolute atomic E-state index is 0.0306. The lowest BCUT2D eigenvalue weighted by molar-refractivity contribution is -0.125. The van der Waals surface area contributed by atoms with Crippen LogP contribution in [0, 0.1) is 23.6 Å². The van der Waals surface area contributed by atoms with Crippen LogP contribution >= 0.6 is 34.8 Å². The van der Waals surface area contributed by atoms with Gasteiger partial charge in [-0.1, -0.05) is 41.4 Å². The first-order valence-corrected chi connectivity index (χ1v) is 15.5. The summed E-state index contributed by atoms with van der Waals surface area (Å²) in [6.07, 6.45) is 1.54. The molecule has 3 aromatic carbocycles. The number of aromatic hydroxyl groups is 1. The van der Waals surface area contributed by atoms with Gasteiger partial charge in [0, 0.05) is 10.9 Å². The number of hydrogen-bond acceptors (Lipinski definition) is 7. The molecule has 0 radical (unpaired) electrons. The van der Waals surface area contributed by atoms with Crippen molar-refractivity contribution in [2.45, 2.75) is 28.5 Å². The van der Waals surface area contributed by atoms with Gasteiger partial charge in [0.15, 0.2) is 9.75 Å². The molecule has 0 aromatic heterocycles. The second kappa shape index (κ2) is 10.6. The van der Waals surface area contributed by atoms with E-state index in [9.17, 15) is 38.7 Å². The van der Waals surface area contributed by atoms with E-state index in [0.29, 0.717) is 5.57 Å². The molecule has 3 N–H and O–H groups in total. The summed E-state index contributed by atoms with van der Waals surface area (Å²) in [6.45, 7) is 0. The number of carbonyl (C=O) groups is 4. The largest absolute Gasteiger partial charge is 0.508 e. The van der Waals surface area contributed by atoms with Crippen LogP contribution in [0.3, 0.4) is 0 Å². The van der Waals surface area contributed by atoms with Crippen LogP contribution in [0.2, 0.25) is 5.02 Å². The maximum Gasteiger partial charge on any atom is 0.488 e. The average Bonchev–Trinajstić information content (AvgIpc) is 3.36. The molecule has 0 bridgehead atoms. The van der Waals surface area contributed by atoms with E-state index in [1.54, 1.807) is 6.08 Å². The van der Waals surface area contributed by atoms with E-state index in [2.05, 4.69) is 0 Å². The number of phenols is 1. The Balaban J connectivity index is 1.39. The van der Waals surface area contributed by atoms with Gasteiger partial charge < -0.3 is 15.2 Å². The van der Waals surface area contributed by atoms with Gasteiger partial charge in [0.2, 0.25) is 11.8 Å². The Kier molecular flexibility index (Phi) is 7.15. The third-order valence-electron chi connectivity index (χ3n) is 9.62. The average molecular weight is 684 g/mol. The highest BCUT2D eigenvalue weighted by atomic mass is 35.5. The number of carbonyl (C=O) groups excluding carboxylic acids is 4. The van der Waals surface area contributed by atoms with E-state index in [1.807, 2.05) is 0 Å². The number of nitrogens with zero attached hydrogens (tertiary/aromatic N) is 2. The molecule has 0 unspecified atom stereocenters. The number of anilines is 2. The smallest absolute Gasteiger partial charge is 0.488 e. The van der Waals surface area contributed by atoms with Crippen molar-refractivity contribution in [3.8, 4) is 5.75 Å². The SMILES string of the molecule is O=C1[C@H]2[C@H](CC=C3[C@H]2C[C@@]2(Cl)C(=O)N(c4ccc(F)cc4)C(=O)[C@@]2(Cl)[C@H]3c2ccc(O)cc2Cl)C(=O)N1c1cccc(B(O)O)c1. The minimum atomic E-state index is -2.17. The highest BCUT2D eigenvalue weighted by Gasteiger charge is 2.76. The third-order valence-corrected chi connectivity index (χ3v) is 11.4. The molecule has 2 aliphatic heterocycles. The second-order valence-corrected chi connectivity index (χ2v) is 13.6. The predicted molar refractivity (Wildman–Crippen MR) is 168 cm³/mol. The van der Waals surface area contributed by atoms with E-state index in [-0.39, 0.29) is 46.0 Å². The minimum Gasteiger partial charge on any atom is -0.508 e. The number of phenolic OH excluding ortho intramolecular Hbond substituents is 1. The molecule has 7 rings (SSSR count). The summed E-state index contributed by atoms with van der Waals surface area (Å²) in [6, 6.07) is 14.5. The van der Waals surface area contributed by atoms with Crippen LogP contribution in [0.15, 0.2) is 78.4 Å². The normalized spacial score (nSPS) is 30.3. The Morgan fingerprint density at radius 1 is 0.848 bits per heavy atom. The molecule has 1 saturated carbocycles. The Bertz CT molecular complexity index is 1890. The maximum absolute atomic E-state index is 14.4. The van der Waals surface area contributed by atoms with E-state index in [4.69, 9.17) is 34.8 Å². The lowest BCUT2D eigenvalue weighted by Crippen LogP contribution is -2.60. The van der Waals surface area contributed by atoms with Gasteiger partial charge in [-0.3, -0.25) is 24.1 Å². The number of fused-ring (bicyclic) bond motifs is 4. The summed E-state index contributed by atoms with van der Waals surface area (Å²) in [5.74, 6) is -7.47. The second-order valence-electron chi connectivity index (χ2n) is 11.9. The van der Waals surface area contributed by atoms with Crippen LogP contribution in [0.1, 0.15) is 24.3 Å². The monoisotopic (exact) mass is 682 g/mol. The zero-order valence-corrected chi connectivity index (χ0v) is 25.9. The molecule has 3 fully saturated rings. The van der Waals surface area contributed by atoms with E-state index in [0.717, 1.165) is 21.9 Å². The molecule has 9 nitrogen and oxygen atoms in total. The summed E-state index contributed by atoms with van der Waals surface area (Å²) >= 11 is 21.3. The molecule has 234 valence electrons. The Morgan fingerprint density at radius 3 is 2.24 bits per heavy atom. The Labute approximate surface area is 276 Å². The third kappa shape index (κ3) is 4.15. The Hall–Kier alpha value is -3.74. The summed E-state index contributed by atoms with van der Waals surface area (Å²) in [5, 5.41) is 29.5. The fourth-order valence-electron chi connectivity index (χ4n) is 7.57. The Morgan fingerprint density at radius 2 is 1.57 bits per heavy atom. The van der Waals surface area contributed by atoms with Crippen LogP contribution in [-0.2, 0) is 19.2 Å². The van der Waals surface area contributed by atoms with Crippen LogP contribution in [0.25, 0.3) is 0 Å². The number of hydrogen-bond donors (Lipinski definition) is 3.